The van der Waals surface area contributed by atoms with Crippen LogP contribution in [0.5, 0.6) is 0 Å². The molecule has 1 aliphatic carbocycles. The molecule has 2 aliphatic heterocycles. The van der Waals surface area contributed by atoms with Crippen LogP contribution in [0, 0.1) is 0 Å². The summed E-state index contributed by atoms with van der Waals surface area (Å²) in [5, 5.41) is 16.9. The fraction of sp³-hybridized carbons (Fsp3) is 0.714. The van der Waals surface area contributed by atoms with Crippen molar-refractivity contribution in [1.29, 1.82) is 0 Å². The van der Waals surface area contributed by atoms with E-state index in [9.17, 15) is 4.79 Å². The number of likely N-dealkylation sites (tertiary alicyclic amines) is 1. The summed E-state index contributed by atoms with van der Waals surface area (Å²) in [7, 11) is 1.93. The Labute approximate surface area is 171 Å². The maximum Gasteiger partial charge on any atom is 0.257 e. The highest BCUT2D eigenvalue weighted by Gasteiger charge is 2.32. The van der Waals surface area contributed by atoms with Gasteiger partial charge in [0, 0.05) is 51.3 Å². The van der Waals surface area contributed by atoms with Gasteiger partial charge in [0.05, 0.1) is 17.8 Å². The second-order valence-corrected chi connectivity index (χ2v) is 8.81. The summed E-state index contributed by atoms with van der Waals surface area (Å²) in [4.78, 5) is 15.4. The van der Waals surface area contributed by atoms with E-state index >= 15 is 0 Å². The normalized spacial score (nSPS) is 21.3. The van der Waals surface area contributed by atoms with Gasteiger partial charge < -0.3 is 14.8 Å². The number of carbonyl (C=O) groups is 1. The van der Waals surface area contributed by atoms with Crippen LogP contribution in [0.15, 0.2) is 6.20 Å². The molecule has 1 saturated carbocycles. The molecule has 0 spiro atoms. The molecule has 0 unspecified atom stereocenters. The number of aryl methyl sites for hydroxylation is 1. The molecule has 0 radical (unpaired) electrons. The Morgan fingerprint density at radius 3 is 2.62 bits per heavy atom. The van der Waals surface area contributed by atoms with Crippen molar-refractivity contribution in [2.75, 3.05) is 19.6 Å². The van der Waals surface area contributed by atoms with E-state index in [2.05, 4.69) is 20.1 Å². The lowest BCUT2D eigenvalue weighted by molar-refractivity contribution is 0.0708. The number of hydrogen-bond acceptors (Lipinski definition) is 5. The molecule has 4 heterocycles. The van der Waals surface area contributed by atoms with Crippen LogP contribution in [0.3, 0.4) is 0 Å². The lowest BCUT2D eigenvalue weighted by Crippen LogP contribution is -2.39. The number of fused-ring (bicyclic) bond motifs is 1. The molecule has 1 saturated heterocycles. The van der Waals surface area contributed by atoms with Gasteiger partial charge in [0.2, 0.25) is 0 Å². The van der Waals surface area contributed by atoms with Gasteiger partial charge in [0.1, 0.15) is 11.6 Å². The van der Waals surface area contributed by atoms with Crippen molar-refractivity contribution < 1.29 is 4.79 Å². The van der Waals surface area contributed by atoms with Crippen LogP contribution in [-0.2, 0) is 20.1 Å². The molecule has 1 amide bonds. The highest BCUT2D eigenvalue weighted by atomic mass is 16.2. The Hall–Kier alpha value is -2.22. The molecule has 5 rings (SSSR count). The summed E-state index contributed by atoms with van der Waals surface area (Å²) >= 11 is 0. The smallest absolute Gasteiger partial charge is 0.257 e. The standard InChI is InChI=1S/C21H31N7O/c1-26-14-17(19(25-26)15-5-3-2-4-6-15)21(29)27-10-7-16(8-11-27)20-24-23-18-13-22-9-12-28(18)20/h14-16,22H,2-13H2,1H3. The number of carbonyl (C=O) groups excluding carboxylic acids is 1. The van der Waals surface area contributed by atoms with Crippen molar-refractivity contribution >= 4 is 5.91 Å². The van der Waals surface area contributed by atoms with Crippen molar-refractivity contribution in [3.63, 3.8) is 0 Å². The van der Waals surface area contributed by atoms with E-state index in [1.165, 1.54) is 19.3 Å². The zero-order chi connectivity index (χ0) is 19.8. The minimum absolute atomic E-state index is 0.157. The van der Waals surface area contributed by atoms with Gasteiger partial charge in [-0.1, -0.05) is 19.3 Å². The Morgan fingerprint density at radius 1 is 1.03 bits per heavy atom. The number of piperidine rings is 1. The first kappa shape index (κ1) is 18.8. The van der Waals surface area contributed by atoms with Crippen LogP contribution >= 0.6 is 0 Å². The van der Waals surface area contributed by atoms with Gasteiger partial charge in [-0.2, -0.15) is 5.10 Å². The Balaban J connectivity index is 1.28. The third-order valence-corrected chi connectivity index (χ3v) is 6.88. The van der Waals surface area contributed by atoms with Crippen LogP contribution in [0.2, 0.25) is 0 Å². The fourth-order valence-corrected chi connectivity index (χ4v) is 5.28. The van der Waals surface area contributed by atoms with Crippen LogP contribution in [0.4, 0.5) is 0 Å². The second kappa shape index (κ2) is 7.89. The SMILES string of the molecule is Cn1cc(C(=O)N2CCC(c3nnc4n3CCNC4)CC2)c(C2CCCCC2)n1. The third-order valence-electron chi connectivity index (χ3n) is 6.88. The number of hydrogen-bond donors (Lipinski definition) is 1. The molecule has 3 aliphatic rings. The lowest BCUT2D eigenvalue weighted by Gasteiger charge is -2.32. The van der Waals surface area contributed by atoms with Crippen LogP contribution in [-0.4, -0.2) is 55.0 Å². The van der Waals surface area contributed by atoms with E-state index < -0.39 is 0 Å². The molecule has 2 aromatic rings. The molecule has 29 heavy (non-hydrogen) atoms. The van der Waals surface area contributed by atoms with Gasteiger partial charge in [-0.25, -0.2) is 0 Å². The number of amides is 1. The van der Waals surface area contributed by atoms with E-state index in [0.29, 0.717) is 11.8 Å². The van der Waals surface area contributed by atoms with Crippen LogP contribution in [0.1, 0.15) is 84.5 Å². The molecule has 156 valence electrons. The predicted octanol–water partition coefficient (Wildman–Crippen LogP) is 2.18. The Bertz CT molecular complexity index is 872. The van der Waals surface area contributed by atoms with Gasteiger partial charge in [0.15, 0.2) is 0 Å². The first-order valence-corrected chi connectivity index (χ1v) is 11.2. The summed E-state index contributed by atoms with van der Waals surface area (Å²) in [5.74, 6) is 3.14. The average molecular weight is 398 g/mol. The maximum atomic E-state index is 13.3. The highest BCUT2D eigenvalue weighted by Crippen LogP contribution is 2.35. The van der Waals surface area contributed by atoms with Gasteiger partial charge in [-0.15, -0.1) is 10.2 Å². The predicted molar refractivity (Wildman–Crippen MR) is 109 cm³/mol. The molecule has 2 aromatic heterocycles. The van der Waals surface area contributed by atoms with Crippen molar-refractivity contribution in [3.05, 3.63) is 29.1 Å². The molecular weight excluding hydrogens is 366 g/mol. The zero-order valence-electron chi connectivity index (χ0n) is 17.3. The highest BCUT2D eigenvalue weighted by molar-refractivity contribution is 5.95. The second-order valence-electron chi connectivity index (χ2n) is 8.81. The molecule has 8 heteroatoms. The largest absolute Gasteiger partial charge is 0.338 e. The minimum Gasteiger partial charge on any atom is -0.338 e. The van der Waals surface area contributed by atoms with Crippen molar-refractivity contribution in [2.45, 2.75) is 69.9 Å². The molecule has 0 aromatic carbocycles. The number of nitrogens with one attached hydrogen (secondary N) is 1. The first-order valence-electron chi connectivity index (χ1n) is 11.2. The average Bonchev–Trinajstić information content (AvgIpc) is 3.38. The maximum absolute atomic E-state index is 13.3. The van der Waals surface area contributed by atoms with E-state index in [1.54, 1.807) is 0 Å². The van der Waals surface area contributed by atoms with E-state index in [0.717, 1.165) is 81.3 Å². The summed E-state index contributed by atoms with van der Waals surface area (Å²) < 4.78 is 4.10. The summed E-state index contributed by atoms with van der Waals surface area (Å²) in [6.07, 6.45) is 9.96. The summed E-state index contributed by atoms with van der Waals surface area (Å²) in [6, 6.07) is 0. The van der Waals surface area contributed by atoms with Crippen molar-refractivity contribution in [1.82, 2.24) is 34.8 Å². The fourth-order valence-electron chi connectivity index (χ4n) is 5.28. The van der Waals surface area contributed by atoms with Crippen molar-refractivity contribution in [2.24, 2.45) is 7.05 Å². The Kier molecular flexibility index (Phi) is 5.11. The van der Waals surface area contributed by atoms with Gasteiger partial charge in [-0.05, 0) is 25.7 Å². The van der Waals surface area contributed by atoms with E-state index in [1.807, 2.05) is 22.8 Å². The first-order chi connectivity index (χ1) is 14.2. The molecule has 0 bridgehead atoms. The van der Waals surface area contributed by atoms with Crippen LogP contribution in [0.25, 0.3) is 0 Å². The van der Waals surface area contributed by atoms with Gasteiger partial charge >= 0.3 is 0 Å². The van der Waals surface area contributed by atoms with E-state index in [-0.39, 0.29) is 5.91 Å². The van der Waals surface area contributed by atoms with Gasteiger partial charge in [-0.3, -0.25) is 9.48 Å². The lowest BCUT2D eigenvalue weighted by atomic mass is 9.85. The molecule has 1 N–H and O–H groups in total. The van der Waals surface area contributed by atoms with Crippen molar-refractivity contribution in [3.8, 4) is 0 Å². The van der Waals surface area contributed by atoms with E-state index in [4.69, 9.17) is 5.10 Å². The molecule has 8 nitrogen and oxygen atoms in total. The topological polar surface area (TPSA) is 80.9 Å². The number of aromatic nitrogens is 5. The quantitative estimate of drug-likeness (QED) is 0.859. The third kappa shape index (κ3) is 3.58. The monoisotopic (exact) mass is 397 g/mol. The number of nitrogens with zero attached hydrogens (tertiary/aromatic N) is 6. The Morgan fingerprint density at radius 2 is 1.83 bits per heavy atom. The minimum atomic E-state index is 0.157. The van der Waals surface area contributed by atoms with Crippen LogP contribution < -0.4 is 5.32 Å². The molecular formula is C21H31N7O. The summed E-state index contributed by atoms with van der Waals surface area (Å²) in [6.45, 7) is 4.28. The molecule has 0 atom stereocenters. The zero-order valence-corrected chi connectivity index (χ0v) is 17.3. The number of rotatable bonds is 3. The molecule has 2 fully saturated rings. The van der Waals surface area contributed by atoms with Gasteiger partial charge in [0.25, 0.3) is 5.91 Å². The summed E-state index contributed by atoms with van der Waals surface area (Å²) in [5.41, 5.74) is 1.85.